The van der Waals surface area contributed by atoms with Gasteiger partial charge in [-0.05, 0) is 36.4 Å². The maximum Gasteiger partial charge on any atom is 0.262 e. The van der Waals surface area contributed by atoms with Gasteiger partial charge in [-0.25, -0.2) is 5.01 Å². The zero-order valence-corrected chi connectivity index (χ0v) is 17.6. The number of rotatable bonds is 8. The van der Waals surface area contributed by atoms with Crippen LogP contribution < -0.4 is 0 Å². The van der Waals surface area contributed by atoms with E-state index in [2.05, 4.69) is 0 Å². The summed E-state index contributed by atoms with van der Waals surface area (Å²) in [5.74, 6) is -0.0487. The van der Waals surface area contributed by atoms with Gasteiger partial charge in [-0.3, -0.25) is 9.59 Å². The van der Waals surface area contributed by atoms with Gasteiger partial charge in [-0.15, -0.1) is 11.3 Å². The molecule has 1 aliphatic carbocycles. The second kappa shape index (κ2) is 8.51. The summed E-state index contributed by atoms with van der Waals surface area (Å²) in [5.41, 5.74) is 1.95. The average molecular weight is 415 g/mol. The summed E-state index contributed by atoms with van der Waals surface area (Å²) >= 11 is 1.62. The molecule has 8 heteroatoms. The lowest BCUT2D eigenvalue weighted by Crippen LogP contribution is -2.43. The topological polar surface area (TPSA) is 67.1 Å². The van der Waals surface area contributed by atoms with Crippen LogP contribution in [0.3, 0.4) is 0 Å². The van der Waals surface area contributed by atoms with E-state index in [1.807, 2.05) is 47.5 Å². The van der Waals surface area contributed by atoms with Crippen molar-refractivity contribution < 1.29 is 14.3 Å². The third-order valence-electron chi connectivity index (χ3n) is 5.43. The third-order valence-corrected chi connectivity index (χ3v) is 6.35. The third kappa shape index (κ3) is 4.28. The summed E-state index contributed by atoms with van der Waals surface area (Å²) in [5, 5.41) is 8.28. The lowest BCUT2D eigenvalue weighted by atomic mass is 10.1. The predicted molar refractivity (Wildman–Crippen MR) is 112 cm³/mol. The van der Waals surface area contributed by atoms with Crippen LogP contribution in [0.2, 0.25) is 0 Å². The second-order valence-corrected chi connectivity index (χ2v) is 8.50. The highest BCUT2D eigenvalue weighted by Crippen LogP contribution is 2.34. The zero-order chi connectivity index (χ0) is 20.4. The van der Waals surface area contributed by atoms with E-state index in [9.17, 15) is 9.59 Å². The van der Waals surface area contributed by atoms with Crippen molar-refractivity contribution in [3.63, 3.8) is 0 Å². The molecule has 29 heavy (non-hydrogen) atoms. The molecule has 0 spiro atoms. The van der Waals surface area contributed by atoms with Gasteiger partial charge in [-0.1, -0.05) is 6.07 Å². The Morgan fingerprint density at radius 3 is 2.76 bits per heavy atom. The molecule has 0 radical (unpaired) electrons. The number of ether oxygens (including phenoxy) is 1. The highest BCUT2D eigenvalue weighted by molar-refractivity contribution is 7.12. The van der Waals surface area contributed by atoms with Crippen molar-refractivity contribution in [2.24, 2.45) is 18.1 Å². The van der Waals surface area contributed by atoms with E-state index in [-0.39, 0.29) is 30.3 Å². The summed E-state index contributed by atoms with van der Waals surface area (Å²) in [6.07, 6.45) is 4.46. The van der Waals surface area contributed by atoms with Gasteiger partial charge in [0.2, 0.25) is 5.91 Å². The van der Waals surface area contributed by atoms with Crippen molar-refractivity contribution in [3.05, 3.63) is 46.4 Å². The highest BCUT2D eigenvalue weighted by atomic mass is 32.1. The molecule has 7 nitrogen and oxygen atoms in total. The molecule has 0 aromatic carbocycles. The lowest BCUT2D eigenvalue weighted by Gasteiger charge is -2.27. The Bertz CT molecular complexity index is 901. The monoisotopic (exact) mass is 414 g/mol. The molecule has 1 saturated carbocycles. The van der Waals surface area contributed by atoms with Crippen LogP contribution in [-0.4, -0.2) is 58.8 Å². The number of hydrazone groups is 1. The number of methoxy groups -OCH3 is 1. The molecule has 1 aliphatic heterocycles. The van der Waals surface area contributed by atoms with Crippen molar-refractivity contribution in [3.8, 4) is 0 Å². The summed E-state index contributed by atoms with van der Waals surface area (Å²) < 4.78 is 7.17. The van der Waals surface area contributed by atoms with E-state index in [0.717, 1.165) is 29.1 Å². The van der Waals surface area contributed by atoms with Crippen LogP contribution in [0.5, 0.6) is 0 Å². The fourth-order valence-electron chi connectivity index (χ4n) is 3.68. The van der Waals surface area contributed by atoms with Crippen LogP contribution in [0.1, 0.15) is 35.9 Å². The fraction of sp³-hybridized carbons (Fsp3) is 0.476. The molecule has 154 valence electrons. The molecular weight excluding hydrogens is 388 g/mol. The van der Waals surface area contributed by atoms with Crippen LogP contribution in [0.25, 0.3) is 0 Å². The Balaban J connectivity index is 1.56. The van der Waals surface area contributed by atoms with E-state index in [4.69, 9.17) is 9.84 Å². The van der Waals surface area contributed by atoms with Gasteiger partial charge >= 0.3 is 0 Å². The molecule has 4 rings (SSSR count). The number of aromatic nitrogens is 1. The van der Waals surface area contributed by atoms with Crippen molar-refractivity contribution in [1.82, 2.24) is 14.5 Å². The summed E-state index contributed by atoms with van der Waals surface area (Å²) in [6, 6.07) is 7.85. The van der Waals surface area contributed by atoms with Crippen LogP contribution in [0.15, 0.2) is 40.9 Å². The molecular formula is C21H26N4O3S. The number of aryl methyl sites for hydroxylation is 1. The van der Waals surface area contributed by atoms with E-state index >= 15 is 0 Å². The Hall–Kier alpha value is -2.45. The van der Waals surface area contributed by atoms with Crippen LogP contribution in [0, 0.1) is 5.92 Å². The first-order valence-corrected chi connectivity index (χ1v) is 10.8. The molecule has 1 atom stereocenters. The van der Waals surface area contributed by atoms with Crippen LogP contribution >= 0.6 is 11.3 Å². The maximum atomic E-state index is 13.3. The summed E-state index contributed by atoms with van der Waals surface area (Å²) in [6.45, 7) is 0.860. The quantitative estimate of drug-likeness (QED) is 0.667. The number of carbonyl (C=O) groups is 2. The Morgan fingerprint density at radius 2 is 2.14 bits per heavy atom. The van der Waals surface area contributed by atoms with Gasteiger partial charge in [0, 0.05) is 44.9 Å². The van der Waals surface area contributed by atoms with E-state index in [1.165, 1.54) is 0 Å². The molecule has 0 bridgehead atoms. The zero-order valence-electron chi connectivity index (χ0n) is 16.8. The molecule has 1 fully saturated rings. The van der Waals surface area contributed by atoms with Gasteiger partial charge in [0.05, 0.1) is 17.2 Å². The first-order valence-electron chi connectivity index (χ1n) is 9.91. The summed E-state index contributed by atoms with van der Waals surface area (Å²) in [7, 11) is 3.58. The Morgan fingerprint density at radius 1 is 1.31 bits per heavy atom. The fourth-order valence-corrected chi connectivity index (χ4v) is 4.40. The van der Waals surface area contributed by atoms with Crippen LogP contribution in [-0.2, 0) is 21.4 Å². The first-order chi connectivity index (χ1) is 14.1. The van der Waals surface area contributed by atoms with Crippen molar-refractivity contribution in [1.29, 1.82) is 0 Å². The molecule has 0 N–H and O–H groups in total. The first kappa shape index (κ1) is 19.8. The normalized spacial score (nSPS) is 18.8. The standard InChI is InChI=1S/C21H26N4O3S/c1-23-9-3-5-17(23)18-13-16(19-6-4-12-29-19)22-25(18)20(26)14-24(10-11-28-2)21(27)15-7-8-15/h3-6,9,12,15,18H,7-8,10-11,13-14H2,1-2H3/t18-/m1/s1. The van der Waals surface area contributed by atoms with E-state index < -0.39 is 0 Å². The van der Waals surface area contributed by atoms with Gasteiger partial charge in [0.1, 0.15) is 12.6 Å². The number of carbonyl (C=O) groups excluding carboxylic acids is 2. The van der Waals surface area contributed by atoms with Gasteiger partial charge in [0.25, 0.3) is 5.91 Å². The minimum Gasteiger partial charge on any atom is -0.383 e. The maximum absolute atomic E-state index is 13.3. The largest absolute Gasteiger partial charge is 0.383 e. The molecule has 2 amide bonds. The van der Waals surface area contributed by atoms with Crippen LogP contribution in [0.4, 0.5) is 0 Å². The number of hydrogen-bond donors (Lipinski definition) is 0. The van der Waals surface area contributed by atoms with E-state index in [1.54, 1.807) is 28.4 Å². The van der Waals surface area contributed by atoms with Gasteiger partial charge in [-0.2, -0.15) is 5.10 Å². The molecule has 0 unspecified atom stereocenters. The number of nitrogens with zero attached hydrogens (tertiary/aromatic N) is 4. The lowest BCUT2D eigenvalue weighted by molar-refractivity contribution is -0.142. The minimum atomic E-state index is -0.167. The SMILES string of the molecule is COCCN(CC(=O)N1N=C(c2cccs2)C[C@@H]1c1cccn1C)C(=O)C1CC1. The van der Waals surface area contributed by atoms with E-state index in [0.29, 0.717) is 19.6 Å². The number of amides is 2. The molecule has 2 aromatic heterocycles. The smallest absolute Gasteiger partial charge is 0.262 e. The van der Waals surface area contributed by atoms with Gasteiger partial charge in [0.15, 0.2) is 0 Å². The number of thiophene rings is 1. The number of hydrogen-bond acceptors (Lipinski definition) is 5. The minimum absolute atomic E-state index is 0.0286. The van der Waals surface area contributed by atoms with Crippen molar-refractivity contribution in [2.45, 2.75) is 25.3 Å². The summed E-state index contributed by atoms with van der Waals surface area (Å²) in [4.78, 5) is 28.6. The Kier molecular flexibility index (Phi) is 5.82. The Labute approximate surface area is 174 Å². The highest BCUT2D eigenvalue weighted by Gasteiger charge is 2.38. The van der Waals surface area contributed by atoms with Crippen molar-refractivity contribution in [2.75, 3.05) is 26.8 Å². The predicted octanol–water partition coefficient (Wildman–Crippen LogP) is 2.65. The average Bonchev–Trinajstić information content (AvgIpc) is 3.10. The molecule has 3 heterocycles. The van der Waals surface area contributed by atoms with Crippen molar-refractivity contribution >= 4 is 28.9 Å². The van der Waals surface area contributed by atoms with Gasteiger partial charge < -0.3 is 14.2 Å². The molecule has 0 saturated heterocycles. The second-order valence-electron chi connectivity index (χ2n) is 7.55. The molecule has 2 aliphatic rings. The molecule has 2 aromatic rings.